The van der Waals surface area contributed by atoms with E-state index in [1.807, 2.05) is 0 Å². The average Bonchev–Trinajstić information content (AvgIpc) is 2.05. The molecule has 0 aliphatic carbocycles. The van der Waals surface area contributed by atoms with E-state index in [-0.39, 0.29) is 50.5 Å². The van der Waals surface area contributed by atoms with E-state index in [4.69, 9.17) is 4.74 Å². The van der Waals surface area contributed by atoms with Gasteiger partial charge >= 0.3 is 18.9 Å². The molecule has 82 valence electrons. The minimum absolute atomic E-state index is 0. The van der Waals surface area contributed by atoms with Gasteiger partial charge in [0.2, 0.25) is 0 Å². The van der Waals surface area contributed by atoms with Crippen molar-refractivity contribution in [1.29, 1.82) is 0 Å². The molecule has 0 atom stereocenters. The molecule has 0 aromatic heterocycles. The number of halogens is 2. The van der Waals surface area contributed by atoms with E-state index < -0.39 is 6.93 Å². The van der Waals surface area contributed by atoms with Gasteiger partial charge in [0.15, 0.2) is 0 Å². The maximum absolute atomic E-state index is 10.3. The van der Waals surface area contributed by atoms with Gasteiger partial charge < -0.3 is 25.2 Å². The molecule has 6 heteroatoms. The zero-order valence-electron chi connectivity index (χ0n) is 9.00. The van der Waals surface area contributed by atoms with Crippen LogP contribution in [0.2, 0.25) is 0 Å². The molecule has 0 aliphatic heterocycles. The Hall–Kier alpha value is 0.568. The second-order valence-corrected chi connectivity index (χ2v) is 1.86. The van der Waals surface area contributed by atoms with E-state index >= 15 is 0 Å². The summed E-state index contributed by atoms with van der Waals surface area (Å²) in [7, 11) is 0. The van der Waals surface area contributed by atoms with Crippen LogP contribution in [0.4, 0.5) is 8.78 Å². The summed E-state index contributed by atoms with van der Waals surface area (Å²) in [5.41, 5.74) is 0. The van der Waals surface area contributed by atoms with Crippen LogP contribution in [0, 0.1) is 20.3 Å². The number of ketones is 1. The summed E-state index contributed by atoms with van der Waals surface area (Å²) in [6.07, 6.45) is 4.94. The quantitative estimate of drug-likeness (QED) is 0.273. The Morgan fingerprint density at radius 2 is 2.00 bits per heavy atom. The first-order chi connectivity index (χ1) is 6.18. The van der Waals surface area contributed by atoms with Gasteiger partial charge in [0, 0.05) is 25.8 Å². The van der Waals surface area contributed by atoms with E-state index in [0.717, 1.165) is 0 Å². The van der Waals surface area contributed by atoms with Gasteiger partial charge in [-0.25, -0.2) is 12.5 Å². The molecule has 0 saturated heterocycles. The summed E-state index contributed by atoms with van der Waals surface area (Å²) >= 11 is 0. The van der Waals surface area contributed by atoms with Crippen molar-refractivity contribution in [1.82, 2.24) is 0 Å². The molecule has 0 fully saturated rings. The third-order valence-electron chi connectivity index (χ3n) is 0.825. The normalized spacial score (nSPS) is 8.00. The first kappa shape index (κ1) is 24.7. The monoisotopic (exact) mass is 378 g/mol. The first-order valence-corrected chi connectivity index (χ1v) is 3.58. The number of ether oxygens (including phenoxy) is 1. The number of hydrogen-bond donors (Lipinski definition) is 0. The van der Waals surface area contributed by atoms with E-state index in [0.29, 0.717) is 13.2 Å². The second-order valence-electron chi connectivity index (χ2n) is 1.86. The smallest absolute Gasteiger partial charge is 0.427 e. The van der Waals surface area contributed by atoms with Gasteiger partial charge in [-0.2, -0.15) is 6.08 Å². The molecule has 0 bridgehead atoms. The molecule has 0 N–H and O–H groups in total. The molecule has 0 saturated carbocycles. The molecule has 0 radical (unpaired) electrons. The predicted molar refractivity (Wildman–Crippen MR) is 46.8 cm³/mol. The van der Waals surface area contributed by atoms with Gasteiger partial charge in [0.25, 0.3) is 0 Å². The largest absolute Gasteiger partial charge is 1.00 e. The fourth-order valence-corrected chi connectivity index (χ4v) is 0.410. The van der Waals surface area contributed by atoms with Crippen LogP contribution in [0.5, 0.6) is 0 Å². The van der Waals surface area contributed by atoms with Crippen LogP contribution in [0.25, 0.3) is 0 Å². The van der Waals surface area contributed by atoms with Crippen LogP contribution < -0.4 is 18.9 Å². The van der Waals surface area contributed by atoms with Crippen LogP contribution in [-0.2, 0) is 35.4 Å². The van der Waals surface area contributed by atoms with Crippen molar-refractivity contribution in [3.05, 3.63) is 32.4 Å². The van der Waals surface area contributed by atoms with Crippen molar-refractivity contribution in [2.75, 3.05) is 13.2 Å². The van der Waals surface area contributed by atoms with E-state index in [1.54, 1.807) is 12.5 Å². The fourth-order valence-electron chi connectivity index (χ4n) is 0.410. The maximum atomic E-state index is 10.3. The van der Waals surface area contributed by atoms with E-state index in [9.17, 15) is 13.6 Å². The van der Waals surface area contributed by atoms with Crippen molar-refractivity contribution in [3.63, 3.8) is 0 Å². The van der Waals surface area contributed by atoms with Gasteiger partial charge in [0.05, 0.1) is 5.78 Å². The van der Waals surface area contributed by atoms with Gasteiger partial charge in [-0.15, -0.1) is 0 Å². The van der Waals surface area contributed by atoms with Crippen LogP contribution in [0.1, 0.15) is 6.92 Å². The van der Waals surface area contributed by atoms with Crippen molar-refractivity contribution < 1.29 is 63.0 Å². The van der Waals surface area contributed by atoms with Gasteiger partial charge in [-0.3, -0.25) is 0 Å². The second kappa shape index (κ2) is 24.0. The zero-order chi connectivity index (χ0) is 10.5. The predicted octanol–water partition coefficient (Wildman–Crippen LogP) is -0.767. The number of carbonyl (C=O) groups excluding carboxylic acids is 1. The standard InChI is InChI=1S/C8H12O2.CHF2.Hf.Li/c1-3-10-7-5-4-6-8(2)9;2-1-3;;/h4-6H,1,3,7H2,2H3;1H;;/q-2;-1;;+1/b6-4+;;;. The third kappa shape index (κ3) is 40.2. The molecule has 0 aromatic carbocycles. The van der Waals surface area contributed by atoms with Gasteiger partial charge in [0.1, 0.15) is 0 Å². The topological polar surface area (TPSA) is 26.3 Å². The molecule has 2 nitrogen and oxygen atoms in total. The summed E-state index contributed by atoms with van der Waals surface area (Å²) in [4.78, 5) is 10.3. The fraction of sp³-hybridized carbons (Fsp3) is 0.333. The molecule has 0 amide bonds. The summed E-state index contributed by atoms with van der Waals surface area (Å²) in [6.45, 7) is 4.98. The molecule has 0 unspecified atom stereocenters. The Morgan fingerprint density at radius 1 is 1.53 bits per heavy atom. The summed E-state index contributed by atoms with van der Waals surface area (Å²) in [5, 5.41) is 0. The Bertz CT molecular complexity index is 146. The zero-order valence-corrected chi connectivity index (χ0v) is 12.6. The molecular formula is C9H13F2HfLiO2-2. The molecule has 0 spiro atoms. The van der Waals surface area contributed by atoms with Crippen molar-refractivity contribution in [2.45, 2.75) is 6.92 Å². The SMILES string of the molecule is F[CH-]F.[CH2-]COC[CH-]/C=C/C(C)=O.[Hf].[Li+]. The molecule has 0 heterocycles. The number of rotatable bonds is 5. The third-order valence-corrected chi connectivity index (χ3v) is 0.825. The van der Waals surface area contributed by atoms with Crippen molar-refractivity contribution in [2.24, 2.45) is 0 Å². The molecule has 15 heavy (non-hydrogen) atoms. The van der Waals surface area contributed by atoms with Gasteiger partial charge in [-0.1, -0.05) is 6.61 Å². The minimum atomic E-state index is -1.00. The summed E-state index contributed by atoms with van der Waals surface area (Å²) in [6, 6.07) is 0. The number of hydrogen-bond acceptors (Lipinski definition) is 2. The Labute approximate surface area is 121 Å². The van der Waals surface area contributed by atoms with Crippen molar-refractivity contribution in [3.8, 4) is 0 Å². The van der Waals surface area contributed by atoms with E-state index in [1.165, 1.54) is 13.0 Å². The Morgan fingerprint density at radius 3 is 2.33 bits per heavy atom. The van der Waals surface area contributed by atoms with Crippen LogP contribution >= 0.6 is 0 Å². The minimum Gasteiger partial charge on any atom is -0.427 e. The summed E-state index contributed by atoms with van der Waals surface area (Å²) < 4.78 is 23.9. The summed E-state index contributed by atoms with van der Waals surface area (Å²) in [5.74, 6) is 0.0471. The molecule has 0 aromatic rings. The average molecular weight is 377 g/mol. The Balaban J connectivity index is -0.000000108. The van der Waals surface area contributed by atoms with Crippen LogP contribution in [-0.4, -0.2) is 19.0 Å². The number of allylic oxidation sites excluding steroid dienone is 1. The van der Waals surface area contributed by atoms with Crippen molar-refractivity contribution >= 4 is 5.78 Å². The maximum Gasteiger partial charge on any atom is 1.00 e. The van der Waals surface area contributed by atoms with E-state index in [2.05, 4.69) is 6.92 Å². The molecule has 0 aliphatic rings. The van der Waals surface area contributed by atoms with Gasteiger partial charge in [-0.05, 0) is 20.5 Å². The van der Waals surface area contributed by atoms with Crippen LogP contribution in [0.15, 0.2) is 12.2 Å². The molecule has 0 rings (SSSR count). The molecular weight excluding hydrogens is 364 g/mol. The Kier molecular flexibility index (Phi) is 39.5. The first-order valence-electron chi connectivity index (χ1n) is 3.58. The van der Waals surface area contributed by atoms with Crippen LogP contribution in [0.3, 0.4) is 0 Å². The number of carbonyl (C=O) groups is 1.